The summed E-state index contributed by atoms with van der Waals surface area (Å²) in [6.45, 7) is 6.51. The largest absolute Gasteiger partial charge is 0.293 e. The summed E-state index contributed by atoms with van der Waals surface area (Å²) in [5.41, 5.74) is 3.23. The fourth-order valence-electron chi connectivity index (χ4n) is 2.39. The van der Waals surface area contributed by atoms with Crippen LogP contribution in [0.4, 0.5) is 0 Å². The fourth-order valence-corrected chi connectivity index (χ4v) is 2.39. The Kier molecular flexibility index (Phi) is 5.99. The molecule has 0 fully saturated rings. The molecule has 2 unspecified atom stereocenters. The first-order valence-electron chi connectivity index (χ1n) is 6.74. The Morgan fingerprint density at radius 3 is 2.32 bits per heavy atom. The van der Waals surface area contributed by atoms with Gasteiger partial charge in [0.05, 0.1) is 0 Å². The first-order valence-corrected chi connectivity index (χ1v) is 6.74. The predicted octanol–water partition coefficient (Wildman–Crippen LogP) is 2.08. The van der Waals surface area contributed by atoms with Gasteiger partial charge in [-0.05, 0) is 31.9 Å². The highest BCUT2D eigenvalue weighted by Crippen LogP contribution is 2.23. The number of benzene rings is 1. The molecule has 0 aliphatic heterocycles. The van der Waals surface area contributed by atoms with Crippen LogP contribution in [-0.2, 0) is 4.79 Å². The third-order valence-corrected chi connectivity index (χ3v) is 3.42. The van der Waals surface area contributed by atoms with E-state index in [9.17, 15) is 4.79 Å². The van der Waals surface area contributed by atoms with Crippen molar-refractivity contribution in [3.05, 3.63) is 35.9 Å². The predicted molar refractivity (Wildman–Crippen MR) is 78.2 cm³/mol. The third-order valence-electron chi connectivity index (χ3n) is 3.42. The maximum atomic E-state index is 12.1. The molecule has 0 radical (unpaired) electrons. The number of hydrogen-bond acceptors (Lipinski definition) is 3. The van der Waals surface area contributed by atoms with E-state index in [1.807, 2.05) is 37.4 Å². The standard InChI is InChI=1S/C15H25N3O/c1-11(2)10-12(3)18(4)14(15(19)17-16)13-8-6-5-7-9-13/h5-9,11-12,14H,10,16H2,1-4H3,(H,17,19). The van der Waals surface area contributed by atoms with Crippen LogP contribution >= 0.6 is 0 Å². The minimum atomic E-state index is -0.347. The lowest BCUT2D eigenvalue weighted by Crippen LogP contribution is -2.45. The first kappa shape index (κ1) is 15.7. The molecule has 0 aliphatic carbocycles. The topological polar surface area (TPSA) is 58.4 Å². The number of hydrazine groups is 1. The van der Waals surface area contributed by atoms with Gasteiger partial charge in [0.1, 0.15) is 6.04 Å². The van der Waals surface area contributed by atoms with E-state index in [0.29, 0.717) is 12.0 Å². The number of nitrogens with one attached hydrogen (secondary N) is 1. The van der Waals surface area contributed by atoms with E-state index in [-0.39, 0.29) is 11.9 Å². The van der Waals surface area contributed by atoms with Gasteiger partial charge in [0.2, 0.25) is 0 Å². The molecule has 0 heterocycles. The van der Waals surface area contributed by atoms with Crippen molar-refractivity contribution >= 4 is 5.91 Å². The molecule has 4 heteroatoms. The quantitative estimate of drug-likeness (QED) is 0.469. The molecule has 1 rings (SSSR count). The van der Waals surface area contributed by atoms with Gasteiger partial charge < -0.3 is 0 Å². The molecule has 0 aliphatic rings. The van der Waals surface area contributed by atoms with Gasteiger partial charge in [-0.15, -0.1) is 0 Å². The second-order valence-corrected chi connectivity index (χ2v) is 5.47. The molecule has 4 nitrogen and oxygen atoms in total. The van der Waals surface area contributed by atoms with Gasteiger partial charge in [0, 0.05) is 6.04 Å². The lowest BCUT2D eigenvalue weighted by Gasteiger charge is -2.33. The average Bonchev–Trinajstić information content (AvgIpc) is 2.39. The molecular formula is C15H25N3O. The summed E-state index contributed by atoms with van der Waals surface area (Å²) >= 11 is 0. The summed E-state index contributed by atoms with van der Waals surface area (Å²) in [5, 5.41) is 0. The van der Waals surface area contributed by atoms with E-state index >= 15 is 0 Å². The Hall–Kier alpha value is -1.39. The van der Waals surface area contributed by atoms with Crippen molar-refractivity contribution < 1.29 is 4.79 Å². The van der Waals surface area contributed by atoms with Gasteiger partial charge in [-0.1, -0.05) is 44.2 Å². The minimum Gasteiger partial charge on any atom is -0.293 e. The summed E-state index contributed by atoms with van der Waals surface area (Å²) in [6.07, 6.45) is 1.04. The second-order valence-electron chi connectivity index (χ2n) is 5.47. The van der Waals surface area contributed by atoms with Gasteiger partial charge in [0.25, 0.3) is 5.91 Å². The second kappa shape index (κ2) is 7.26. The molecule has 0 saturated carbocycles. The van der Waals surface area contributed by atoms with Gasteiger partial charge in [-0.3, -0.25) is 15.1 Å². The van der Waals surface area contributed by atoms with E-state index in [1.165, 1.54) is 0 Å². The first-order chi connectivity index (χ1) is 8.97. The molecule has 0 spiro atoms. The van der Waals surface area contributed by atoms with Crippen LogP contribution in [-0.4, -0.2) is 23.9 Å². The summed E-state index contributed by atoms with van der Waals surface area (Å²) in [6, 6.07) is 9.69. The summed E-state index contributed by atoms with van der Waals surface area (Å²) in [5.74, 6) is 5.74. The number of hydrogen-bond donors (Lipinski definition) is 2. The van der Waals surface area contributed by atoms with Crippen LogP contribution < -0.4 is 11.3 Å². The molecule has 0 aromatic heterocycles. The Morgan fingerprint density at radius 2 is 1.84 bits per heavy atom. The Labute approximate surface area is 115 Å². The minimum absolute atomic E-state index is 0.177. The molecule has 3 N–H and O–H groups in total. The van der Waals surface area contributed by atoms with Crippen molar-refractivity contribution in [2.45, 2.75) is 39.3 Å². The zero-order valence-corrected chi connectivity index (χ0v) is 12.3. The van der Waals surface area contributed by atoms with Crippen molar-refractivity contribution in [3.63, 3.8) is 0 Å². The van der Waals surface area contributed by atoms with E-state index in [2.05, 4.69) is 31.1 Å². The summed E-state index contributed by atoms with van der Waals surface area (Å²) in [4.78, 5) is 14.1. The zero-order chi connectivity index (χ0) is 14.4. The smallest absolute Gasteiger partial charge is 0.255 e. The Bertz CT molecular complexity index is 392. The normalized spacial score (nSPS) is 14.5. The SMILES string of the molecule is CC(C)CC(C)N(C)C(C(=O)NN)c1ccccc1. The van der Waals surface area contributed by atoms with Gasteiger partial charge in [-0.2, -0.15) is 0 Å². The van der Waals surface area contributed by atoms with Crippen molar-refractivity contribution in [3.8, 4) is 0 Å². The Morgan fingerprint density at radius 1 is 1.26 bits per heavy atom. The molecule has 1 aromatic rings. The molecule has 106 valence electrons. The monoisotopic (exact) mass is 263 g/mol. The highest BCUT2D eigenvalue weighted by molar-refractivity contribution is 5.82. The third kappa shape index (κ3) is 4.33. The number of rotatable bonds is 6. The van der Waals surface area contributed by atoms with Crippen LogP contribution in [0.1, 0.15) is 38.8 Å². The number of amides is 1. The fraction of sp³-hybridized carbons (Fsp3) is 0.533. The molecule has 0 saturated heterocycles. The van der Waals surface area contributed by atoms with Crippen molar-refractivity contribution in [1.29, 1.82) is 0 Å². The number of carbonyl (C=O) groups is 1. The summed E-state index contributed by atoms with van der Waals surface area (Å²) < 4.78 is 0. The van der Waals surface area contributed by atoms with Gasteiger partial charge >= 0.3 is 0 Å². The van der Waals surface area contributed by atoms with Crippen LogP contribution in [0.5, 0.6) is 0 Å². The summed E-state index contributed by atoms with van der Waals surface area (Å²) in [7, 11) is 1.97. The molecule has 1 amide bonds. The number of nitrogens with zero attached hydrogens (tertiary/aromatic N) is 1. The zero-order valence-electron chi connectivity index (χ0n) is 12.3. The molecule has 2 atom stereocenters. The van der Waals surface area contributed by atoms with E-state index < -0.39 is 0 Å². The molecular weight excluding hydrogens is 238 g/mol. The molecule has 0 bridgehead atoms. The lowest BCUT2D eigenvalue weighted by atomic mass is 9.99. The van der Waals surface area contributed by atoms with Crippen molar-refractivity contribution in [2.75, 3.05) is 7.05 Å². The van der Waals surface area contributed by atoms with Crippen molar-refractivity contribution in [2.24, 2.45) is 11.8 Å². The number of likely N-dealkylation sites (N-methyl/N-ethyl adjacent to an activating group) is 1. The molecule has 19 heavy (non-hydrogen) atoms. The van der Waals surface area contributed by atoms with E-state index in [4.69, 9.17) is 5.84 Å². The number of nitrogens with two attached hydrogens (primary N) is 1. The van der Waals surface area contributed by atoms with Crippen LogP contribution in [0, 0.1) is 5.92 Å². The van der Waals surface area contributed by atoms with Crippen molar-refractivity contribution in [1.82, 2.24) is 10.3 Å². The lowest BCUT2D eigenvalue weighted by molar-refractivity contribution is -0.127. The van der Waals surface area contributed by atoms with E-state index in [0.717, 1.165) is 12.0 Å². The van der Waals surface area contributed by atoms with Gasteiger partial charge in [0.15, 0.2) is 0 Å². The van der Waals surface area contributed by atoms with Crippen LogP contribution in [0.15, 0.2) is 30.3 Å². The highest BCUT2D eigenvalue weighted by atomic mass is 16.2. The Balaban J connectivity index is 2.95. The van der Waals surface area contributed by atoms with Crippen LogP contribution in [0.25, 0.3) is 0 Å². The molecule has 1 aromatic carbocycles. The maximum Gasteiger partial charge on any atom is 0.255 e. The van der Waals surface area contributed by atoms with Gasteiger partial charge in [-0.25, -0.2) is 5.84 Å². The number of carbonyl (C=O) groups excluding carboxylic acids is 1. The van der Waals surface area contributed by atoms with Crippen LogP contribution in [0.3, 0.4) is 0 Å². The highest BCUT2D eigenvalue weighted by Gasteiger charge is 2.27. The van der Waals surface area contributed by atoms with Crippen LogP contribution in [0.2, 0.25) is 0 Å². The maximum absolute atomic E-state index is 12.1. The average molecular weight is 263 g/mol. The van der Waals surface area contributed by atoms with E-state index in [1.54, 1.807) is 0 Å².